The predicted molar refractivity (Wildman–Crippen MR) is 389 cm³/mol. The van der Waals surface area contributed by atoms with E-state index in [0.29, 0.717) is 32.1 Å². The standard InChI is InChI=1S/C22H22N6O.2C19H21N5.C15H14N6/c1-13-18-9-16(25-22-21-15(11-24-22)3-2-8-23-21)6-7-20(18)28(26-13)12-17-10-19(27-29-17)14-4-5-14;1-12-15-10-14(7-8-16(15)23-24(12)19(2,3)4)22-18-17-13(11-21-18)6-5-9-20-17;1-12-15-10-14(7-8-16(15)24(23-12)19(2,3)4)22-18-17-13(11-21-18)6-5-9-20-17;1-9-11-7-10(3-4-13(11)21(2)20-9)19-15-14-12(8-18-15)16-5-6-17-14/h2-3,6-9,14,17H,4-5,10-12H2,1H3,(H,24,25);2*5-10H,11H2,1-4H3,(H,21,22);3-7H,8H2,1-2H3,(H,18,19). The minimum Gasteiger partial charge on any atom is -0.390 e. The molecule has 1 atom stereocenters. The number of rotatable bonds is 7. The molecule has 4 aromatic carbocycles. The maximum absolute atomic E-state index is 5.67. The second-order valence-corrected chi connectivity index (χ2v) is 27.6. The van der Waals surface area contributed by atoms with E-state index in [9.17, 15) is 0 Å². The number of benzene rings is 4. The summed E-state index contributed by atoms with van der Waals surface area (Å²) in [5.74, 6) is 3.95. The van der Waals surface area contributed by atoms with Crippen molar-refractivity contribution >= 4 is 95.4 Å². The summed E-state index contributed by atoms with van der Waals surface area (Å²) in [6.45, 7) is 24.6. The third-order valence-corrected chi connectivity index (χ3v) is 18.2. The number of anilines is 4. The molecule has 8 aromatic heterocycles. The summed E-state index contributed by atoms with van der Waals surface area (Å²) in [4.78, 5) is 45.9. The van der Waals surface area contributed by atoms with E-state index in [1.165, 1.54) is 24.2 Å². The molecule has 0 amide bonds. The highest BCUT2D eigenvalue weighted by atomic mass is 16.6. The number of hydrogen-bond acceptors (Lipinski definition) is 19. The summed E-state index contributed by atoms with van der Waals surface area (Å²) in [5.41, 5.74) is 21.9. The minimum atomic E-state index is -0.0418. The molecule has 6 aliphatic rings. The van der Waals surface area contributed by atoms with Crippen molar-refractivity contribution < 1.29 is 4.84 Å². The molecule has 12 aromatic rings. The van der Waals surface area contributed by atoms with Gasteiger partial charge in [0, 0.05) is 117 Å². The zero-order valence-electron chi connectivity index (χ0n) is 57.0. The van der Waals surface area contributed by atoms with Gasteiger partial charge in [0.25, 0.3) is 0 Å². The average Bonchev–Trinajstić information content (AvgIpc) is 1.63. The van der Waals surface area contributed by atoms with Crippen LogP contribution in [-0.4, -0.2) is 99.2 Å². The Balaban J connectivity index is 0.000000107. The summed E-state index contributed by atoms with van der Waals surface area (Å²) < 4.78 is 8.12. The van der Waals surface area contributed by atoms with Gasteiger partial charge in [0.2, 0.25) is 0 Å². The fourth-order valence-electron chi connectivity index (χ4n) is 13.2. The zero-order valence-corrected chi connectivity index (χ0v) is 57.0. The van der Waals surface area contributed by atoms with Crippen LogP contribution in [-0.2, 0) is 55.7 Å². The number of hydrogen-bond donors (Lipinski definition) is 4. The topological polar surface area (TPSA) is 255 Å². The molecule has 23 nitrogen and oxygen atoms in total. The SMILES string of the molecule is Cc1c2cc(NC3=NCc4cccnc43)ccc2nn1C(C)(C)C.Cc1nn(C(C)(C)C)c2ccc(NC3=NCc4cccnc43)cc12.Cc1nn(C)c2ccc(NC3=NCc4nccnc43)cc12.Cc1nn(CC2CC(C3CC3)=NO2)c2ccc(NC3=NCc4cccnc43)cc12. The van der Waals surface area contributed by atoms with Gasteiger partial charge in [-0.3, -0.25) is 58.6 Å². The van der Waals surface area contributed by atoms with Gasteiger partial charge in [0.15, 0.2) is 29.4 Å². The van der Waals surface area contributed by atoms with Crippen LogP contribution in [0, 0.1) is 33.6 Å². The number of aryl methyl sites for hydroxylation is 5. The maximum Gasteiger partial charge on any atom is 0.154 e. The lowest BCUT2D eigenvalue weighted by Crippen LogP contribution is -2.24. The highest BCUT2D eigenvalue weighted by Gasteiger charge is 2.35. The van der Waals surface area contributed by atoms with Crippen molar-refractivity contribution in [1.29, 1.82) is 0 Å². The van der Waals surface area contributed by atoms with Crippen LogP contribution in [0.1, 0.15) is 129 Å². The van der Waals surface area contributed by atoms with Crippen molar-refractivity contribution in [2.24, 2.45) is 38.1 Å². The van der Waals surface area contributed by atoms with E-state index in [4.69, 9.17) is 20.1 Å². The molecule has 494 valence electrons. The average molecular weight is 1300 g/mol. The summed E-state index contributed by atoms with van der Waals surface area (Å²) in [7, 11) is 1.95. The van der Waals surface area contributed by atoms with Gasteiger partial charge in [-0.05, 0) is 173 Å². The molecule has 0 spiro atoms. The summed E-state index contributed by atoms with van der Waals surface area (Å²) in [6, 6.07) is 37.2. The molecular weight excluding hydrogens is 1220 g/mol. The van der Waals surface area contributed by atoms with Crippen LogP contribution in [0.15, 0.2) is 165 Å². The van der Waals surface area contributed by atoms with Gasteiger partial charge in [-0.1, -0.05) is 23.4 Å². The minimum absolute atomic E-state index is 0.0326. The van der Waals surface area contributed by atoms with E-state index >= 15 is 0 Å². The Bertz CT molecular complexity index is 5200. The molecule has 4 N–H and O–H groups in total. The molecule has 23 heteroatoms. The molecule has 98 heavy (non-hydrogen) atoms. The lowest BCUT2D eigenvalue weighted by atomic mass is 10.1. The third-order valence-electron chi connectivity index (χ3n) is 18.2. The van der Waals surface area contributed by atoms with Crippen LogP contribution in [0.4, 0.5) is 22.7 Å². The molecule has 1 fully saturated rings. The Hall–Kier alpha value is -11.4. The predicted octanol–water partition coefficient (Wildman–Crippen LogP) is 13.4. The first kappa shape index (κ1) is 62.7. The van der Waals surface area contributed by atoms with E-state index in [1.807, 2.05) is 74.5 Å². The van der Waals surface area contributed by atoms with Gasteiger partial charge < -0.3 is 26.1 Å². The van der Waals surface area contributed by atoms with Crippen LogP contribution in [0.2, 0.25) is 0 Å². The third kappa shape index (κ3) is 12.6. The van der Waals surface area contributed by atoms with Crippen molar-refractivity contribution in [2.45, 2.75) is 138 Å². The Morgan fingerprint density at radius 1 is 0.459 bits per heavy atom. The molecule has 0 saturated heterocycles. The fraction of sp³-hybridized carbons (Fsp3) is 0.307. The van der Waals surface area contributed by atoms with Crippen LogP contribution in [0.3, 0.4) is 0 Å². The van der Waals surface area contributed by atoms with Gasteiger partial charge in [0.05, 0.1) is 94.4 Å². The monoisotopic (exact) mass is 1300 g/mol. The Kier molecular flexibility index (Phi) is 16.2. The largest absolute Gasteiger partial charge is 0.390 e. The Labute approximate surface area is 567 Å². The first-order chi connectivity index (χ1) is 47.3. The molecule has 1 unspecified atom stereocenters. The van der Waals surface area contributed by atoms with E-state index in [0.717, 1.165) is 165 Å². The van der Waals surface area contributed by atoms with E-state index in [2.05, 4.69) is 225 Å². The highest BCUT2D eigenvalue weighted by molar-refractivity contribution is 6.12. The molecule has 18 rings (SSSR count). The number of pyridine rings is 3. The molecular formula is C75H78N22O. The van der Waals surface area contributed by atoms with Gasteiger partial charge >= 0.3 is 0 Å². The quantitative estimate of drug-likeness (QED) is 0.116. The van der Waals surface area contributed by atoms with Gasteiger partial charge in [-0.15, -0.1) is 0 Å². The Morgan fingerprint density at radius 3 is 1.48 bits per heavy atom. The molecule has 1 saturated carbocycles. The number of aromatic nitrogens is 13. The second-order valence-electron chi connectivity index (χ2n) is 27.6. The number of oxime groups is 1. The highest BCUT2D eigenvalue weighted by Crippen LogP contribution is 2.36. The summed E-state index contributed by atoms with van der Waals surface area (Å²) in [6.07, 6.45) is 12.3. The summed E-state index contributed by atoms with van der Waals surface area (Å²) >= 11 is 0. The van der Waals surface area contributed by atoms with Crippen molar-refractivity contribution in [3.05, 3.63) is 208 Å². The molecule has 0 radical (unpaired) electrons. The van der Waals surface area contributed by atoms with Gasteiger partial charge in [-0.2, -0.15) is 20.4 Å². The number of nitrogens with one attached hydrogen (secondary N) is 4. The number of aliphatic imine (C=N–C) groups is 4. The number of amidine groups is 4. The molecule has 0 bridgehead atoms. The van der Waals surface area contributed by atoms with Crippen LogP contribution >= 0.6 is 0 Å². The van der Waals surface area contributed by atoms with Crippen LogP contribution < -0.4 is 21.3 Å². The van der Waals surface area contributed by atoms with Gasteiger partial charge in [0.1, 0.15) is 22.8 Å². The van der Waals surface area contributed by atoms with Crippen molar-refractivity contribution in [2.75, 3.05) is 21.3 Å². The number of nitrogens with zero attached hydrogens (tertiary/aromatic N) is 18. The Morgan fingerprint density at radius 2 is 0.918 bits per heavy atom. The van der Waals surface area contributed by atoms with Gasteiger partial charge in [-0.25, -0.2) is 4.98 Å². The lowest BCUT2D eigenvalue weighted by Gasteiger charge is -2.21. The normalized spacial score (nSPS) is 15.7. The lowest BCUT2D eigenvalue weighted by molar-refractivity contribution is 0.0707. The molecule has 13 heterocycles. The van der Waals surface area contributed by atoms with Crippen molar-refractivity contribution in [1.82, 2.24) is 64.0 Å². The van der Waals surface area contributed by atoms with Crippen LogP contribution in [0.5, 0.6) is 0 Å². The van der Waals surface area contributed by atoms with E-state index < -0.39 is 0 Å². The smallest absolute Gasteiger partial charge is 0.154 e. The van der Waals surface area contributed by atoms with Crippen molar-refractivity contribution in [3.63, 3.8) is 0 Å². The zero-order chi connectivity index (χ0) is 67.6. The first-order valence-electron chi connectivity index (χ1n) is 33.4. The fourth-order valence-corrected chi connectivity index (χ4v) is 13.2. The second kappa shape index (κ2) is 25.3. The first-order valence-corrected chi connectivity index (χ1v) is 33.4. The van der Waals surface area contributed by atoms with Crippen LogP contribution in [0.25, 0.3) is 43.6 Å². The van der Waals surface area contributed by atoms with E-state index in [-0.39, 0.29) is 17.2 Å². The van der Waals surface area contributed by atoms with E-state index in [1.54, 1.807) is 12.4 Å². The maximum atomic E-state index is 5.67. The molecule has 1 aliphatic carbocycles. The number of fused-ring (bicyclic) bond motifs is 8. The molecule has 5 aliphatic heterocycles. The summed E-state index contributed by atoms with van der Waals surface area (Å²) in [5, 5.41) is 41.1. The van der Waals surface area contributed by atoms with Crippen molar-refractivity contribution in [3.8, 4) is 0 Å².